The molecule has 0 saturated carbocycles. The van der Waals surface area contributed by atoms with Crippen LogP contribution in [0.15, 0.2) is 10.5 Å². The molecule has 1 heterocycles. The zero-order chi connectivity index (χ0) is 9.14. The van der Waals surface area contributed by atoms with Crippen LogP contribution in [0.2, 0.25) is 0 Å². The Morgan fingerprint density at radius 1 is 1.67 bits per heavy atom. The van der Waals surface area contributed by atoms with E-state index >= 15 is 0 Å². The summed E-state index contributed by atoms with van der Waals surface area (Å²) < 4.78 is 5.08. The van der Waals surface area contributed by atoms with Gasteiger partial charge in [0.1, 0.15) is 5.76 Å². The number of hydrogen-bond acceptors (Lipinski definition) is 2. The first-order chi connectivity index (χ1) is 5.65. The lowest BCUT2D eigenvalue weighted by molar-refractivity contribution is 0.00208. The third kappa shape index (κ3) is 1.49. The van der Waals surface area contributed by atoms with Crippen molar-refractivity contribution in [1.29, 1.82) is 0 Å². The Morgan fingerprint density at radius 2 is 2.33 bits per heavy atom. The molecule has 1 aromatic rings. The molecule has 0 aliphatic rings. The minimum absolute atomic E-state index is 0.227. The van der Waals surface area contributed by atoms with Crippen molar-refractivity contribution in [3.8, 4) is 0 Å². The van der Waals surface area contributed by atoms with E-state index in [0.717, 1.165) is 11.8 Å². The highest BCUT2D eigenvalue weighted by molar-refractivity contribution is 6.32. The molecule has 1 rings (SSSR count). The van der Waals surface area contributed by atoms with Crippen LogP contribution in [0.4, 0.5) is 0 Å². The Hall–Kier alpha value is -1.67. The second-order valence-electron chi connectivity index (χ2n) is 2.48. The van der Waals surface area contributed by atoms with Crippen molar-refractivity contribution in [3.05, 3.63) is 28.7 Å². The van der Waals surface area contributed by atoms with Crippen molar-refractivity contribution in [3.63, 3.8) is 0 Å². The quantitative estimate of drug-likeness (QED) is 0.287. The lowest BCUT2D eigenvalue weighted by Crippen LogP contribution is -2.00. The average Bonchev–Trinajstić information content (AvgIpc) is 2.30. The first-order valence-electron chi connectivity index (χ1n) is 3.44. The molecule has 1 aromatic heterocycles. The number of Topliss-reactive ketones (excluding diaryl/α,β-unsaturated/α-hetero) is 1. The zero-order valence-electron chi connectivity index (χ0n) is 6.87. The minimum atomic E-state index is -0.428. The van der Waals surface area contributed by atoms with Crippen molar-refractivity contribution in [2.45, 2.75) is 13.8 Å². The molecule has 0 aliphatic heterocycles. The maximum Gasteiger partial charge on any atom is 0.331 e. The smallest absolute Gasteiger partial charge is 0.331 e. The Balaban J connectivity index is 3.10. The summed E-state index contributed by atoms with van der Waals surface area (Å²) in [5.74, 6) is 0.468. The monoisotopic (exact) mass is 164 g/mol. The predicted molar refractivity (Wildman–Crippen MR) is 42.2 cm³/mol. The van der Waals surface area contributed by atoms with Crippen LogP contribution in [0.25, 0.3) is 5.53 Å². The molecule has 0 spiro atoms. The fourth-order valence-electron chi connectivity index (χ4n) is 0.997. The fraction of sp³-hybridized carbons (Fsp3) is 0.250. The molecule has 62 valence electrons. The van der Waals surface area contributed by atoms with Crippen LogP contribution in [0.3, 0.4) is 0 Å². The third-order valence-electron chi connectivity index (χ3n) is 1.44. The number of nitrogens with zero attached hydrogens (tertiary/aromatic N) is 2. The number of carbonyl (C=O) groups excluding carboxylic acids is 1. The molecule has 12 heavy (non-hydrogen) atoms. The molecule has 0 saturated heterocycles. The van der Waals surface area contributed by atoms with Crippen LogP contribution in [-0.4, -0.2) is 16.8 Å². The van der Waals surface area contributed by atoms with E-state index in [1.165, 1.54) is 0 Å². The first-order valence-corrected chi connectivity index (χ1v) is 3.44. The lowest BCUT2D eigenvalue weighted by atomic mass is 10.2. The van der Waals surface area contributed by atoms with Crippen LogP contribution in [-0.2, 0) is 0 Å². The summed E-state index contributed by atoms with van der Waals surface area (Å²) in [4.78, 5) is 13.7. The summed E-state index contributed by atoms with van der Waals surface area (Å²) >= 11 is 0. The van der Waals surface area contributed by atoms with E-state index in [1.54, 1.807) is 19.9 Å². The van der Waals surface area contributed by atoms with Crippen molar-refractivity contribution >= 4 is 12.0 Å². The molecule has 0 atom stereocenters. The SMILES string of the molecule is Cc1cc(C)c(C(=O)C=[N+]=[N-])o1. The Bertz CT molecular complexity index is 359. The number of ketones is 1. The number of rotatable bonds is 2. The van der Waals surface area contributed by atoms with E-state index in [1.807, 2.05) is 0 Å². The lowest BCUT2D eigenvalue weighted by Gasteiger charge is -1.85. The Kier molecular flexibility index (Phi) is 2.21. The minimum Gasteiger partial charge on any atom is -0.457 e. The van der Waals surface area contributed by atoms with Gasteiger partial charge in [0.15, 0.2) is 5.76 Å². The summed E-state index contributed by atoms with van der Waals surface area (Å²) in [7, 11) is 0. The van der Waals surface area contributed by atoms with Crippen LogP contribution < -0.4 is 0 Å². The van der Waals surface area contributed by atoms with Gasteiger partial charge in [-0.3, -0.25) is 4.79 Å². The van der Waals surface area contributed by atoms with Gasteiger partial charge in [-0.1, -0.05) is 0 Å². The first kappa shape index (κ1) is 8.43. The molecule has 0 aromatic carbocycles. The molecule has 0 radical (unpaired) electrons. The van der Waals surface area contributed by atoms with Crippen LogP contribution in [0, 0.1) is 13.8 Å². The van der Waals surface area contributed by atoms with E-state index in [4.69, 9.17) is 9.95 Å². The zero-order valence-corrected chi connectivity index (χ0v) is 6.87. The number of hydrogen-bond donors (Lipinski definition) is 0. The summed E-state index contributed by atoms with van der Waals surface area (Å²) in [6.45, 7) is 3.51. The number of carbonyl (C=O) groups is 1. The molecule has 0 bridgehead atoms. The van der Waals surface area contributed by atoms with Gasteiger partial charge in [-0.15, -0.1) is 0 Å². The van der Waals surface area contributed by atoms with Crippen LogP contribution in [0.5, 0.6) is 0 Å². The molecule has 4 nitrogen and oxygen atoms in total. The topological polar surface area (TPSA) is 66.6 Å². The maximum absolute atomic E-state index is 11.1. The summed E-state index contributed by atoms with van der Waals surface area (Å²) in [5.41, 5.74) is 8.85. The second-order valence-corrected chi connectivity index (χ2v) is 2.48. The van der Waals surface area contributed by atoms with Gasteiger partial charge in [0.2, 0.25) is 0 Å². The van der Waals surface area contributed by atoms with Gasteiger partial charge in [0.05, 0.1) is 0 Å². The van der Waals surface area contributed by atoms with E-state index in [9.17, 15) is 4.79 Å². The summed E-state index contributed by atoms with van der Waals surface area (Å²) in [6.07, 6.45) is 0.811. The highest BCUT2D eigenvalue weighted by Crippen LogP contribution is 2.12. The molecule has 4 heteroatoms. The number of aryl methyl sites for hydroxylation is 2. The maximum atomic E-state index is 11.1. The molecular weight excluding hydrogens is 156 g/mol. The molecule has 0 amide bonds. The molecule has 0 fully saturated rings. The molecule has 0 N–H and O–H groups in total. The second kappa shape index (κ2) is 3.15. The van der Waals surface area contributed by atoms with Gasteiger partial charge < -0.3 is 9.95 Å². The van der Waals surface area contributed by atoms with Gasteiger partial charge in [-0.05, 0) is 25.5 Å². The van der Waals surface area contributed by atoms with Crippen molar-refractivity contribution < 1.29 is 14.0 Å². The number of furan rings is 1. The van der Waals surface area contributed by atoms with E-state index in [0.29, 0.717) is 5.76 Å². The standard InChI is InChI=1S/C8H8N2O2/c1-5-3-6(2)12-8(5)7(11)4-10-9/h3-4H,1-2H3. The van der Waals surface area contributed by atoms with E-state index in [2.05, 4.69) is 4.79 Å². The molecule has 0 aliphatic carbocycles. The van der Waals surface area contributed by atoms with Gasteiger partial charge in [0.25, 0.3) is 0 Å². The van der Waals surface area contributed by atoms with Crippen molar-refractivity contribution in [2.24, 2.45) is 0 Å². The largest absolute Gasteiger partial charge is 0.457 e. The normalized spacial score (nSPS) is 9.17. The highest BCUT2D eigenvalue weighted by Gasteiger charge is 2.15. The third-order valence-corrected chi connectivity index (χ3v) is 1.44. The van der Waals surface area contributed by atoms with E-state index < -0.39 is 5.78 Å². The van der Waals surface area contributed by atoms with Crippen LogP contribution >= 0.6 is 0 Å². The fourth-order valence-corrected chi connectivity index (χ4v) is 0.997. The van der Waals surface area contributed by atoms with Crippen molar-refractivity contribution in [1.82, 2.24) is 0 Å². The van der Waals surface area contributed by atoms with Gasteiger partial charge in [-0.2, -0.15) is 4.79 Å². The summed E-state index contributed by atoms with van der Waals surface area (Å²) in [6, 6.07) is 1.75. The Morgan fingerprint density at radius 3 is 2.75 bits per heavy atom. The van der Waals surface area contributed by atoms with Crippen molar-refractivity contribution in [2.75, 3.05) is 0 Å². The highest BCUT2D eigenvalue weighted by atomic mass is 16.3. The van der Waals surface area contributed by atoms with Gasteiger partial charge in [-0.25, -0.2) is 0 Å². The average molecular weight is 164 g/mol. The molecular formula is C8H8N2O2. The predicted octanol–water partition coefficient (Wildman–Crippen LogP) is 1.38. The molecule has 0 unspecified atom stereocenters. The summed E-state index contributed by atoms with van der Waals surface area (Å²) in [5, 5.41) is 0. The van der Waals surface area contributed by atoms with Gasteiger partial charge in [0, 0.05) is 0 Å². The van der Waals surface area contributed by atoms with E-state index in [-0.39, 0.29) is 5.76 Å². The van der Waals surface area contributed by atoms with Crippen LogP contribution in [0.1, 0.15) is 21.9 Å². The van der Waals surface area contributed by atoms with Gasteiger partial charge >= 0.3 is 12.0 Å². The Labute approximate surface area is 69.4 Å².